The predicted octanol–water partition coefficient (Wildman–Crippen LogP) is 3.87. The fourth-order valence-corrected chi connectivity index (χ4v) is 3.06. The summed E-state index contributed by atoms with van der Waals surface area (Å²) in [6, 6.07) is 6.88. The number of ether oxygens (including phenoxy) is 1. The van der Waals surface area contributed by atoms with Gasteiger partial charge in [0.1, 0.15) is 5.82 Å². The topological polar surface area (TPSA) is 78.4 Å². The number of aromatic amines is 1. The molecular weight excluding hydrogens is 388 g/mol. The van der Waals surface area contributed by atoms with Crippen LogP contribution in [0.2, 0.25) is 0 Å². The Kier molecular flexibility index (Phi) is 4.81. The number of carboxylic acid groups (broad SMARTS) is 1. The molecule has 0 radical (unpaired) electrons. The Labute approximate surface area is 144 Å². The van der Waals surface area contributed by atoms with Gasteiger partial charge < -0.3 is 14.8 Å². The molecule has 9 heteroatoms. The normalized spacial score (nSPS) is 20.8. The van der Waals surface area contributed by atoms with Crippen LogP contribution in [0.4, 0.5) is 13.6 Å². The van der Waals surface area contributed by atoms with Gasteiger partial charge in [-0.1, -0.05) is 28.1 Å². The Morgan fingerprint density at radius 2 is 2.12 bits per heavy atom. The average Bonchev–Trinajstić information content (AvgIpc) is 3.14. The van der Waals surface area contributed by atoms with Gasteiger partial charge >= 0.3 is 12.7 Å². The lowest BCUT2D eigenvalue weighted by Crippen LogP contribution is -2.31. The summed E-state index contributed by atoms with van der Waals surface area (Å²) >= 11 is 3.35. The van der Waals surface area contributed by atoms with E-state index in [4.69, 9.17) is 0 Å². The predicted molar refractivity (Wildman–Crippen MR) is 84.7 cm³/mol. The van der Waals surface area contributed by atoms with Gasteiger partial charge in [-0.25, -0.2) is 9.78 Å². The molecule has 2 heterocycles. The lowest BCUT2D eigenvalue weighted by molar-refractivity contribution is -0.158. The first-order chi connectivity index (χ1) is 11.4. The van der Waals surface area contributed by atoms with Crippen LogP contribution in [0.5, 0.6) is 0 Å². The second-order valence-electron chi connectivity index (χ2n) is 5.39. The Hall–Kier alpha value is -2.00. The Balaban J connectivity index is 1.82. The van der Waals surface area contributed by atoms with E-state index in [-0.39, 0.29) is 13.0 Å². The van der Waals surface area contributed by atoms with Gasteiger partial charge in [-0.2, -0.15) is 8.78 Å². The van der Waals surface area contributed by atoms with Crippen molar-refractivity contribution in [2.24, 2.45) is 0 Å². The summed E-state index contributed by atoms with van der Waals surface area (Å²) < 4.78 is 30.2. The van der Waals surface area contributed by atoms with E-state index < -0.39 is 24.9 Å². The van der Waals surface area contributed by atoms with E-state index in [1.54, 1.807) is 6.20 Å². The highest BCUT2D eigenvalue weighted by Gasteiger charge is 2.39. The van der Waals surface area contributed by atoms with Gasteiger partial charge in [0.05, 0.1) is 30.6 Å². The van der Waals surface area contributed by atoms with Crippen molar-refractivity contribution in [3.8, 4) is 11.3 Å². The molecule has 128 valence electrons. The number of alkyl halides is 2. The number of likely N-dealkylation sites (tertiary alicyclic amines) is 1. The van der Waals surface area contributed by atoms with Crippen LogP contribution in [-0.4, -0.2) is 45.3 Å². The number of halogens is 3. The molecule has 24 heavy (non-hydrogen) atoms. The monoisotopic (exact) mass is 401 g/mol. The van der Waals surface area contributed by atoms with E-state index in [0.717, 1.165) is 20.6 Å². The SMILES string of the molecule is O=C(O)N1CC(OC(F)F)CC1c1ncc(-c2ccc(Br)cc2)[nH]1. The van der Waals surface area contributed by atoms with Crippen LogP contribution in [-0.2, 0) is 4.74 Å². The second-order valence-corrected chi connectivity index (χ2v) is 6.31. The molecule has 3 rings (SSSR count). The van der Waals surface area contributed by atoms with E-state index >= 15 is 0 Å². The first-order valence-corrected chi connectivity index (χ1v) is 7.97. The van der Waals surface area contributed by atoms with Gasteiger partial charge in [0.2, 0.25) is 0 Å². The van der Waals surface area contributed by atoms with Crippen LogP contribution in [0.25, 0.3) is 11.3 Å². The number of hydrogen-bond donors (Lipinski definition) is 2. The molecule has 2 atom stereocenters. The van der Waals surface area contributed by atoms with Gasteiger partial charge in [0.15, 0.2) is 0 Å². The van der Waals surface area contributed by atoms with Crippen LogP contribution in [0.3, 0.4) is 0 Å². The van der Waals surface area contributed by atoms with Crippen LogP contribution in [0.15, 0.2) is 34.9 Å². The van der Waals surface area contributed by atoms with E-state index in [0.29, 0.717) is 5.82 Å². The molecule has 1 aromatic heterocycles. The number of carbonyl (C=O) groups is 1. The van der Waals surface area contributed by atoms with Crippen LogP contribution < -0.4 is 0 Å². The van der Waals surface area contributed by atoms with Gasteiger partial charge in [-0.15, -0.1) is 0 Å². The number of benzene rings is 1. The minimum Gasteiger partial charge on any atom is -0.465 e. The molecule has 1 fully saturated rings. The molecule has 1 aromatic carbocycles. The van der Waals surface area contributed by atoms with Crippen molar-refractivity contribution in [3.63, 3.8) is 0 Å². The third-order valence-electron chi connectivity index (χ3n) is 3.87. The summed E-state index contributed by atoms with van der Waals surface area (Å²) in [6.07, 6.45) is -0.321. The summed E-state index contributed by atoms with van der Waals surface area (Å²) in [5.74, 6) is 0.413. The van der Waals surface area contributed by atoms with Gasteiger partial charge in [-0.05, 0) is 17.7 Å². The van der Waals surface area contributed by atoms with E-state index in [9.17, 15) is 18.7 Å². The summed E-state index contributed by atoms with van der Waals surface area (Å²) in [6.45, 7) is -3.04. The third kappa shape index (κ3) is 3.57. The molecular formula is C15H14BrF2N3O3. The molecule has 0 bridgehead atoms. The maximum Gasteiger partial charge on any atom is 0.408 e. The molecule has 0 aliphatic carbocycles. The minimum atomic E-state index is -2.93. The van der Waals surface area contributed by atoms with Gasteiger partial charge in [0.25, 0.3) is 0 Å². The Morgan fingerprint density at radius 1 is 1.42 bits per heavy atom. The number of amides is 1. The number of H-pyrrole nitrogens is 1. The number of rotatable bonds is 4. The third-order valence-corrected chi connectivity index (χ3v) is 4.40. The highest BCUT2D eigenvalue weighted by molar-refractivity contribution is 9.10. The van der Waals surface area contributed by atoms with Crippen LogP contribution >= 0.6 is 15.9 Å². The lowest BCUT2D eigenvalue weighted by atomic mass is 10.2. The first kappa shape index (κ1) is 16.8. The number of nitrogens with zero attached hydrogens (tertiary/aromatic N) is 2. The molecule has 1 saturated heterocycles. The first-order valence-electron chi connectivity index (χ1n) is 7.18. The molecule has 1 aliphatic rings. The maximum atomic E-state index is 12.4. The smallest absolute Gasteiger partial charge is 0.408 e. The zero-order valence-electron chi connectivity index (χ0n) is 12.3. The average molecular weight is 402 g/mol. The fourth-order valence-electron chi connectivity index (χ4n) is 2.79. The minimum absolute atomic E-state index is 0.112. The van der Waals surface area contributed by atoms with E-state index in [1.807, 2.05) is 24.3 Å². The van der Waals surface area contributed by atoms with Crippen LogP contribution in [0.1, 0.15) is 18.3 Å². The summed E-state index contributed by atoms with van der Waals surface area (Å²) in [7, 11) is 0. The molecule has 2 N–H and O–H groups in total. The van der Waals surface area contributed by atoms with Gasteiger partial charge in [-0.3, -0.25) is 4.90 Å². The van der Waals surface area contributed by atoms with Crippen molar-refractivity contribution < 1.29 is 23.4 Å². The summed E-state index contributed by atoms with van der Waals surface area (Å²) in [4.78, 5) is 19.7. The zero-order chi connectivity index (χ0) is 17.3. The highest BCUT2D eigenvalue weighted by Crippen LogP contribution is 2.33. The summed E-state index contributed by atoms with van der Waals surface area (Å²) in [5, 5.41) is 9.29. The van der Waals surface area contributed by atoms with E-state index in [2.05, 4.69) is 30.6 Å². The Bertz CT molecular complexity index is 723. The van der Waals surface area contributed by atoms with Crippen molar-refractivity contribution in [1.29, 1.82) is 0 Å². The van der Waals surface area contributed by atoms with E-state index in [1.165, 1.54) is 0 Å². The maximum absolute atomic E-state index is 12.4. The summed E-state index contributed by atoms with van der Waals surface area (Å²) in [5.41, 5.74) is 1.61. The largest absolute Gasteiger partial charge is 0.465 e. The molecule has 2 unspecified atom stereocenters. The van der Waals surface area contributed by atoms with Crippen molar-refractivity contribution in [1.82, 2.24) is 14.9 Å². The standard InChI is InChI=1S/C15H14BrF2N3O3/c16-9-3-1-8(2-4-9)11-6-19-13(20-11)12-5-10(24-14(17)18)7-21(12)15(22)23/h1-4,6,10,12,14H,5,7H2,(H,19,20)(H,22,23). The second kappa shape index (κ2) is 6.86. The van der Waals surface area contributed by atoms with Crippen LogP contribution in [0, 0.1) is 0 Å². The fraction of sp³-hybridized carbons (Fsp3) is 0.333. The number of aromatic nitrogens is 2. The zero-order valence-corrected chi connectivity index (χ0v) is 13.9. The Morgan fingerprint density at radius 3 is 2.75 bits per heavy atom. The molecule has 6 nitrogen and oxygen atoms in total. The lowest BCUT2D eigenvalue weighted by Gasteiger charge is -2.18. The molecule has 0 saturated carbocycles. The molecule has 1 aliphatic heterocycles. The van der Waals surface area contributed by atoms with Crippen molar-refractivity contribution in [3.05, 3.63) is 40.8 Å². The molecule has 0 spiro atoms. The quantitative estimate of drug-likeness (QED) is 0.814. The number of imidazole rings is 1. The molecule has 2 aromatic rings. The van der Waals surface area contributed by atoms with Crippen molar-refractivity contribution in [2.45, 2.75) is 25.2 Å². The number of nitrogens with one attached hydrogen (secondary N) is 1. The highest BCUT2D eigenvalue weighted by atomic mass is 79.9. The molecule has 1 amide bonds. The number of hydrogen-bond acceptors (Lipinski definition) is 3. The van der Waals surface area contributed by atoms with Gasteiger partial charge in [0, 0.05) is 10.9 Å². The van der Waals surface area contributed by atoms with Crippen molar-refractivity contribution >= 4 is 22.0 Å². The van der Waals surface area contributed by atoms with Crippen molar-refractivity contribution in [2.75, 3.05) is 6.54 Å².